The van der Waals surface area contributed by atoms with E-state index >= 15 is 0 Å². The summed E-state index contributed by atoms with van der Waals surface area (Å²) < 4.78 is 43.2. The van der Waals surface area contributed by atoms with Crippen molar-refractivity contribution in [1.29, 1.82) is 0 Å². The third kappa shape index (κ3) is 3.05. The molecule has 0 amide bonds. The summed E-state index contributed by atoms with van der Waals surface area (Å²) in [5, 5.41) is 17.7. The van der Waals surface area contributed by atoms with Crippen molar-refractivity contribution in [3.8, 4) is 11.5 Å². The van der Waals surface area contributed by atoms with Gasteiger partial charge in [0.05, 0.1) is 12.1 Å². The number of aliphatic carboxylic acids is 1. The molecular formula is C11H10F3N3O3S. The molecule has 2 rings (SSSR count). The van der Waals surface area contributed by atoms with Gasteiger partial charge in [-0.3, -0.25) is 5.32 Å². The number of nitrogens with zero attached hydrogens (tertiary/aromatic N) is 2. The molecule has 6 nitrogen and oxygen atoms in total. The van der Waals surface area contributed by atoms with Crippen molar-refractivity contribution < 1.29 is 27.6 Å². The van der Waals surface area contributed by atoms with Crippen molar-refractivity contribution >= 4 is 17.3 Å². The van der Waals surface area contributed by atoms with E-state index in [1.54, 1.807) is 16.8 Å². The molecule has 0 fully saturated rings. The number of nitrogens with one attached hydrogen (secondary N) is 1. The molecule has 0 radical (unpaired) electrons. The van der Waals surface area contributed by atoms with Crippen molar-refractivity contribution in [2.75, 3.05) is 0 Å². The van der Waals surface area contributed by atoms with Crippen LogP contribution in [0.2, 0.25) is 0 Å². The number of rotatable bonds is 5. The number of hydrogen-bond donors (Lipinski definition) is 2. The van der Waals surface area contributed by atoms with Crippen LogP contribution in [0.25, 0.3) is 11.5 Å². The molecule has 0 aliphatic heterocycles. The molecule has 2 aromatic heterocycles. The van der Waals surface area contributed by atoms with Crippen LogP contribution in [0.15, 0.2) is 21.3 Å². The van der Waals surface area contributed by atoms with Gasteiger partial charge in [-0.25, -0.2) is 4.79 Å². The molecule has 21 heavy (non-hydrogen) atoms. The predicted molar refractivity (Wildman–Crippen MR) is 66.5 cm³/mol. The van der Waals surface area contributed by atoms with Gasteiger partial charge in [-0.1, -0.05) is 5.16 Å². The quantitative estimate of drug-likeness (QED) is 0.878. The smallest absolute Gasteiger partial charge is 0.417 e. The van der Waals surface area contributed by atoms with Crippen LogP contribution in [0, 0.1) is 0 Å². The van der Waals surface area contributed by atoms with Crippen LogP contribution in [-0.2, 0) is 11.3 Å². The number of aromatic nitrogens is 2. The molecule has 0 aromatic carbocycles. The Bertz CT molecular complexity index is 626. The molecule has 2 N–H and O–H groups in total. The fourth-order valence-electron chi connectivity index (χ4n) is 1.38. The molecule has 2 heterocycles. The fourth-order valence-corrected chi connectivity index (χ4v) is 2.01. The summed E-state index contributed by atoms with van der Waals surface area (Å²) in [7, 11) is 0. The van der Waals surface area contributed by atoms with Gasteiger partial charge in [-0.2, -0.15) is 29.5 Å². The summed E-state index contributed by atoms with van der Waals surface area (Å²) in [5.41, 5.74) is -2.44. The molecule has 114 valence electrons. The monoisotopic (exact) mass is 321 g/mol. The van der Waals surface area contributed by atoms with Crippen LogP contribution in [-0.4, -0.2) is 32.9 Å². The van der Waals surface area contributed by atoms with E-state index in [-0.39, 0.29) is 11.7 Å². The average molecular weight is 321 g/mol. The molecule has 0 saturated heterocycles. The standard InChI is InChI=1S/C11H10F3N3O3S/c1-10(9(18)19,11(12,13)14)15-4-7-16-8(20-17-7)6-2-3-21-5-6/h2-3,5,15H,4H2,1H3,(H,18,19). The van der Waals surface area contributed by atoms with Gasteiger partial charge < -0.3 is 9.63 Å². The van der Waals surface area contributed by atoms with Crippen molar-refractivity contribution in [3.63, 3.8) is 0 Å². The van der Waals surface area contributed by atoms with Gasteiger partial charge >= 0.3 is 12.1 Å². The number of carboxylic acids is 1. The highest BCUT2D eigenvalue weighted by Gasteiger charge is 2.57. The normalized spacial score (nSPS) is 14.9. The van der Waals surface area contributed by atoms with E-state index in [1.807, 2.05) is 5.32 Å². The Kier molecular flexibility index (Phi) is 4.01. The highest BCUT2D eigenvalue weighted by Crippen LogP contribution is 2.30. The second-order valence-electron chi connectivity index (χ2n) is 4.31. The summed E-state index contributed by atoms with van der Waals surface area (Å²) in [5.74, 6) is -1.93. The third-order valence-electron chi connectivity index (χ3n) is 2.83. The van der Waals surface area contributed by atoms with Crippen molar-refractivity contribution in [2.45, 2.75) is 25.2 Å². The van der Waals surface area contributed by atoms with Crippen LogP contribution in [0.3, 0.4) is 0 Å². The molecule has 2 aromatic rings. The minimum Gasteiger partial charge on any atom is -0.480 e. The molecule has 0 aliphatic carbocycles. The molecular weight excluding hydrogens is 311 g/mol. The molecule has 0 aliphatic rings. The van der Waals surface area contributed by atoms with Gasteiger partial charge in [0.15, 0.2) is 5.82 Å². The van der Waals surface area contributed by atoms with Crippen LogP contribution in [0.4, 0.5) is 13.2 Å². The lowest BCUT2D eigenvalue weighted by atomic mass is 10.0. The van der Waals surface area contributed by atoms with Crippen LogP contribution >= 0.6 is 11.3 Å². The number of thiophene rings is 1. The van der Waals surface area contributed by atoms with Crippen molar-refractivity contribution in [3.05, 3.63) is 22.7 Å². The lowest BCUT2D eigenvalue weighted by Crippen LogP contribution is -2.59. The average Bonchev–Trinajstić information content (AvgIpc) is 3.04. The van der Waals surface area contributed by atoms with Gasteiger partial charge in [0.2, 0.25) is 5.54 Å². The number of hydrogen-bond acceptors (Lipinski definition) is 6. The fraction of sp³-hybridized carbons (Fsp3) is 0.364. The zero-order valence-corrected chi connectivity index (χ0v) is 11.5. The second kappa shape index (κ2) is 5.45. The summed E-state index contributed by atoms with van der Waals surface area (Å²) in [4.78, 5) is 14.7. The lowest BCUT2D eigenvalue weighted by molar-refractivity contribution is -0.206. The Morgan fingerprint density at radius 1 is 1.52 bits per heavy atom. The first kappa shape index (κ1) is 15.4. The van der Waals surface area contributed by atoms with E-state index in [4.69, 9.17) is 9.63 Å². The van der Waals surface area contributed by atoms with Crippen LogP contribution in [0.1, 0.15) is 12.7 Å². The van der Waals surface area contributed by atoms with Crippen molar-refractivity contribution in [1.82, 2.24) is 15.5 Å². The molecule has 0 bridgehead atoms. The Hall–Kier alpha value is -1.94. The van der Waals surface area contributed by atoms with Crippen molar-refractivity contribution in [2.24, 2.45) is 0 Å². The maximum atomic E-state index is 12.8. The highest BCUT2D eigenvalue weighted by molar-refractivity contribution is 7.08. The van der Waals surface area contributed by atoms with Gasteiger partial charge in [-0.05, 0) is 18.4 Å². The van der Waals surface area contributed by atoms with E-state index in [0.29, 0.717) is 12.5 Å². The van der Waals surface area contributed by atoms with E-state index in [1.165, 1.54) is 11.3 Å². The topological polar surface area (TPSA) is 88.3 Å². The summed E-state index contributed by atoms with van der Waals surface area (Å²) in [6.07, 6.45) is -4.96. The van der Waals surface area contributed by atoms with E-state index < -0.39 is 24.2 Å². The van der Waals surface area contributed by atoms with Gasteiger partial charge in [0.25, 0.3) is 5.89 Å². The highest BCUT2D eigenvalue weighted by atomic mass is 32.1. The van der Waals surface area contributed by atoms with E-state index in [2.05, 4.69) is 10.1 Å². The summed E-state index contributed by atoms with van der Waals surface area (Å²) >= 11 is 1.40. The SMILES string of the molecule is CC(NCc1noc(-c2ccsc2)n1)(C(=O)O)C(F)(F)F. The van der Waals surface area contributed by atoms with E-state index in [9.17, 15) is 18.0 Å². The third-order valence-corrected chi connectivity index (χ3v) is 3.51. The first-order valence-electron chi connectivity index (χ1n) is 5.64. The molecule has 1 atom stereocenters. The number of carbonyl (C=O) groups is 1. The maximum Gasteiger partial charge on any atom is 0.417 e. The first-order chi connectivity index (χ1) is 9.74. The van der Waals surface area contributed by atoms with Gasteiger partial charge in [-0.15, -0.1) is 0 Å². The Morgan fingerprint density at radius 2 is 2.24 bits per heavy atom. The minimum atomic E-state index is -4.96. The summed E-state index contributed by atoms with van der Waals surface area (Å²) in [6, 6.07) is 1.71. The van der Waals surface area contributed by atoms with Gasteiger partial charge in [0.1, 0.15) is 0 Å². The molecule has 10 heteroatoms. The zero-order valence-electron chi connectivity index (χ0n) is 10.6. The van der Waals surface area contributed by atoms with Crippen LogP contribution in [0.5, 0.6) is 0 Å². The first-order valence-corrected chi connectivity index (χ1v) is 6.58. The second-order valence-corrected chi connectivity index (χ2v) is 5.09. The maximum absolute atomic E-state index is 12.8. The van der Waals surface area contributed by atoms with E-state index in [0.717, 1.165) is 0 Å². The van der Waals surface area contributed by atoms with Crippen LogP contribution < -0.4 is 5.32 Å². The predicted octanol–water partition coefficient (Wildman–Crippen LogP) is 2.29. The van der Waals surface area contributed by atoms with Gasteiger partial charge in [0, 0.05) is 5.38 Å². The minimum absolute atomic E-state index is 0.0621. The molecule has 1 unspecified atom stereocenters. The summed E-state index contributed by atoms with van der Waals surface area (Å²) in [6.45, 7) is 0.0468. The largest absolute Gasteiger partial charge is 0.480 e. The number of halogens is 3. The molecule has 0 saturated carbocycles. The molecule has 0 spiro atoms. The Labute approximate surface area is 120 Å². The Morgan fingerprint density at radius 3 is 2.76 bits per heavy atom. The zero-order chi connectivity index (χ0) is 15.7. The lowest BCUT2D eigenvalue weighted by Gasteiger charge is -2.28. The number of carboxylic acid groups (broad SMARTS) is 1. The Balaban J connectivity index is 2.11. The number of alkyl halides is 3.